The van der Waals surface area contributed by atoms with Crippen molar-refractivity contribution in [1.29, 1.82) is 0 Å². The van der Waals surface area contributed by atoms with E-state index in [4.69, 9.17) is 0 Å². The molecule has 10 aromatic carbocycles. The number of benzene rings is 10. The van der Waals surface area contributed by atoms with Gasteiger partial charge in [-0.05, 0) is 106 Å². The molecule has 4 heterocycles. The number of rotatable bonds is 4. The molecule has 0 aliphatic carbocycles. The molecule has 3 nitrogen and oxygen atoms in total. The van der Waals surface area contributed by atoms with Crippen LogP contribution in [0.5, 0.6) is 0 Å². The zero-order valence-electron chi connectivity index (χ0n) is 33.0. The fourth-order valence-corrected chi connectivity index (χ4v) is 10.8. The quantitative estimate of drug-likeness (QED) is 0.169. The highest BCUT2D eigenvalue weighted by Crippen LogP contribution is 2.44. The van der Waals surface area contributed by atoms with Crippen LogP contribution in [0.3, 0.4) is 0 Å². The molecule has 282 valence electrons. The van der Waals surface area contributed by atoms with Gasteiger partial charge in [-0.15, -0.1) is 0 Å². The third kappa shape index (κ3) is 4.47. The van der Waals surface area contributed by atoms with Crippen molar-refractivity contribution in [2.75, 3.05) is 0 Å². The van der Waals surface area contributed by atoms with Gasteiger partial charge in [-0.1, -0.05) is 140 Å². The zero-order chi connectivity index (χ0) is 39.8. The van der Waals surface area contributed by atoms with E-state index in [0.717, 1.165) is 0 Å². The molecular formula is C58H35N3. The summed E-state index contributed by atoms with van der Waals surface area (Å²) in [5.74, 6) is 0. The molecule has 0 amide bonds. The Labute approximate surface area is 350 Å². The Hall–Kier alpha value is -8.14. The lowest BCUT2D eigenvalue weighted by Gasteiger charge is -2.13. The lowest BCUT2D eigenvalue weighted by atomic mass is 9.92. The largest absolute Gasteiger partial charge is 0.309 e. The lowest BCUT2D eigenvalue weighted by molar-refractivity contribution is 1.18. The Morgan fingerprint density at radius 3 is 1.13 bits per heavy atom. The average molecular weight is 774 g/mol. The first-order chi connectivity index (χ1) is 30.3. The van der Waals surface area contributed by atoms with Crippen LogP contribution < -0.4 is 0 Å². The van der Waals surface area contributed by atoms with Crippen molar-refractivity contribution >= 4 is 92.5 Å². The number of nitrogens with zero attached hydrogens (tertiary/aromatic N) is 3. The molecule has 14 rings (SSSR count). The molecule has 0 N–H and O–H groups in total. The van der Waals surface area contributed by atoms with Crippen molar-refractivity contribution in [2.24, 2.45) is 0 Å². The number of aromatic nitrogens is 3. The number of hydrogen-bond donors (Lipinski definition) is 0. The first kappa shape index (κ1) is 32.8. The maximum absolute atomic E-state index is 2.48. The average Bonchev–Trinajstić information content (AvgIpc) is 4.05. The Morgan fingerprint density at radius 2 is 0.623 bits per heavy atom. The summed E-state index contributed by atoms with van der Waals surface area (Å²) in [6.45, 7) is 0. The van der Waals surface area contributed by atoms with E-state index >= 15 is 0 Å². The molecule has 61 heavy (non-hydrogen) atoms. The van der Waals surface area contributed by atoms with Crippen molar-refractivity contribution in [3.05, 3.63) is 212 Å². The van der Waals surface area contributed by atoms with Gasteiger partial charge in [0.2, 0.25) is 0 Å². The maximum atomic E-state index is 2.48. The second-order valence-electron chi connectivity index (χ2n) is 16.5. The second-order valence-corrected chi connectivity index (χ2v) is 16.5. The standard InChI is InChI=1S/C58H35N3/c1-2-14-38(15-3-1)59-52-24-8-4-16-44(52)48-32-36(28-30-56(48)59)40-20-12-23-43-41(21-13-22-42(40)43)37-29-31-57-49(33-37)45-17-5-9-25-53(45)60(57)39-34-50-46-18-6-10-26-54(46)61-55-27-11-7-19-47(55)51(35-39)58(50)61/h1-35H. The summed E-state index contributed by atoms with van der Waals surface area (Å²) >= 11 is 0. The van der Waals surface area contributed by atoms with Gasteiger partial charge in [0, 0.05) is 54.5 Å². The molecule has 0 radical (unpaired) electrons. The minimum Gasteiger partial charge on any atom is -0.309 e. The molecule has 0 fully saturated rings. The highest BCUT2D eigenvalue weighted by Gasteiger charge is 2.21. The topological polar surface area (TPSA) is 14.3 Å². The molecule has 3 heteroatoms. The molecule has 14 aromatic rings. The van der Waals surface area contributed by atoms with Crippen molar-refractivity contribution in [1.82, 2.24) is 13.5 Å². The number of hydrogen-bond acceptors (Lipinski definition) is 0. The van der Waals surface area contributed by atoms with Crippen LogP contribution in [-0.2, 0) is 0 Å². The molecule has 0 spiro atoms. The van der Waals surface area contributed by atoms with E-state index in [2.05, 4.69) is 226 Å². The van der Waals surface area contributed by atoms with Crippen LogP contribution >= 0.6 is 0 Å². The third-order valence-electron chi connectivity index (χ3n) is 13.4. The van der Waals surface area contributed by atoms with Crippen LogP contribution in [0.4, 0.5) is 0 Å². The van der Waals surface area contributed by atoms with Gasteiger partial charge in [0.25, 0.3) is 0 Å². The number of para-hydroxylation sites is 5. The van der Waals surface area contributed by atoms with Crippen molar-refractivity contribution < 1.29 is 0 Å². The SMILES string of the molecule is c1ccc(-n2c3ccccc3c3cc(-c4cccc5c(-c6ccc7c(c6)c6ccccc6n7-c6cc7c8ccccc8n8c9ccccc9c(c6)c78)cccc45)ccc32)cc1. The molecule has 0 aliphatic rings. The second kappa shape index (κ2) is 12.2. The lowest BCUT2D eigenvalue weighted by Crippen LogP contribution is -1.94. The van der Waals surface area contributed by atoms with Gasteiger partial charge in [0.05, 0.1) is 38.6 Å². The van der Waals surface area contributed by atoms with E-state index in [1.54, 1.807) is 0 Å². The van der Waals surface area contributed by atoms with E-state index in [-0.39, 0.29) is 0 Å². The Balaban J connectivity index is 0.949. The smallest absolute Gasteiger partial charge is 0.0622 e. The summed E-state index contributed by atoms with van der Waals surface area (Å²) in [5.41, 5.74) is 15.9. The normalized spacial score (nSPS) is 12.3. The summed E-state index contributed by atoms with van der Waals surface area (Å²) in [4.78, 5) is 0. The molecule has 0 unspecified atom stereocenters. The van der Waals surface area contributed by atoms with Crippen LogP contribution in [0, 0.1) is 0 Å². The fourth-order valence-electron chi connectivity index (χ4n) is 10.8. The van der Waals surface area contributed by atoms with Crippen LogP contribution in [0.2, 0.25) is 0 Å². The van der Waals surface area contributed by atoms with Crippen molar-refractivity contribution in [3.63, 3.8) is 0 Å². The van der Waals surface area contributed by atoms with Crippen LogP contribution in [0.25, 0.3) is 126 Å². The summed E-state index contributed by atoms with van der Waals surface area (Å²) in [6, 6.07) is 78.5. The Kier molecular flexibility index (Phi) is 6.56. The molecule has 0 saturated heterocycles. The van der Waals surface area contributed by atoms with E-state index in [9.17, 15) is 0 Å². The van der Waals surface area contributed by atoms with Crippen LogP contribution in [-0.4, -0.2) is 13.5 Å². The fraction of sp³-hybridized carbons (Fsp3) is 0. The van der Waals surface area contributed by atoms with Crippen LogP contribution in [0.1, 0.15) is 0 Å². The molecule has 0 saturated carbocycles. The summed E-state index contributed by atoms with van der Waals surface area (Å²) in [5, 5.41) is 12.7. The molecular weight excluding hydrogens is 739 g/mol. The molecule has 0 bridgehead atoms. The number of fused-ring (bicyclic) bond motifs is 13. The van der Waals surface area contributed by atoms with Gasteiger partial charge < -0.3 is 13.5 Å². The van der Waals surface area contributed by atoms with Gasteiger partial charge in [-0.3, -0.25) is 0 Å². The van der Waals surface area contributed by atoms with E-state index < -0.39 is 0 Å². The Bertz CT molecular complexity index is 4020. The van der Waals surface area contributed by atoms with Crippen LogP contribution in [0.15, 0.2) is 212 Å². The van der Waals surface area contributed by atoms with E-state index in [1.165, 1.54) is 126 Å². The van der Waals surface area contributed by atoms with Crippen molar-refractivity contribution in [3.8, 4) is 33.6 Å². The zero-order valence-corrected chi connectivity index (χ0v) is 33.0. The minimum atomic E-state index is 1.17. The van der Waals surface area contributed by atoms with Gasteiger partial charge >= 0.3 is 0 Å². The summed E-state index contributed by atoms with van der Waals surface area (Å²) < 4.78 is 7.31. The summed E-state index contributed by atoms with van der Waals surface area (Å²) in [7, 11) is 0. The van der Waals surface area contributed by atoms with E-state index in [0.29, 0.717) is 0 Å². The van der Waals surface area contributed by atoms with Gasteiger partial charge in [0.15, 0.2) is 0 Å². The van der Waals surface area contributed by atoms with E-state index in [1.807, 2.05) is 0 Å². The first-order valence-electron chi connectivity index (χ1n) is 21.1. The molecule has 0 atom stereocenters. The third-order valence-corrected chi connectivity index (χ3v) is 13.4. The van der Waals surface area contributed by atoms with Gasteiger partial charge in [-0.2, -0.15) is 0 Å². The maximum Gasteiger partial charge on any atom is 0.0622 e. The Morgan fingerprint density at radius 1 is 0.230 bits per heavy atom. The monoisotopic (exact) mass is 773 g/mol. The van der Waals surface area contributed by atoms with Gasteiger partial charge in [-0.25, -0.2) is 0 Å². The predicted molar refractivity (Wildman–Crippen MR) is 258 cm³/mol. The highest BCUT2D eigenvalue weighted by atomic mass is 15.0. The van der Waals surface area contributed by atoms with Crippen molar-refractivity contribution in [2.45, 2.75) is 0 Å². The predicted octanol–water partition coefficient (Wildman–Crippen LogP) is 15.5. The highest BCUT2D eigenvalue weighted by molar-refractivity contribution is 6.24. The van der Waals surface area contributed by atoms with Gasteiger partial charge in [0.1, 0.15) is 0 Å². The summed E-state index contributed by atoms with van der Waals surface area (Å²) in [6.07, 6.45) is 0. The first-order valence-corrected chi connectivity index (χ1v) is 21.1. The molecule has 4 aromatic heterocycles. The minimum absolute atomic E-state index is 1.17. The molecule has 0 aliphatic heterocycles.